The summed E-state index contributed by atoms with van der Waals surface area (Å²) in [6, 6.07) is 10.2. The average Bonchev–Trinajstić information content (AvgIpc) is 3.20. The number of carbonyl (C=O) groups is 1. The van der Waals surface area contributed by atoms with Crippen LogP contribution in [0.2, 0.25) is 0 Å². The highest BCUT2D eigenvalue weighted by Gasteiger charge is 2.41. The molecule has 0 bridgehead atoms. The lowest BCUT2D eigenvalue weighted by atomic mass is 10.1. The Bertz CT molecular complexity index is 632. The first-order valence-corrected chi connectivity index (χ1v) is 10.9. The highest BCUT2D eigenvalue weighted by atomic mass is 16.5. The first-order valence-electron chi connectivity index (χ1n) is 10.9. The fraction of sp³-hybridized carbons (Fsp3) is 0.682. The van der Waals surface area contributed by atoms with Gasteiger partial charge < -0.3 is 19.5 Å². The highest BCUT2D eigenvalue weighted by molar-refractivity contribution is 5.82. The Morgan fingerprint density at radius 1 is 1.07 bits per heavy atom. The molecule has 1 aromatic carbocycles. The van der Waals surface area contributed by atoms with E-state index >= 15 is 0 Å². The van der Waals surface area contributed by atoms with Crippen molar-refractivity contribution in [1.82, 2.24) is 15.1 Å². The SMILES string of the molecule is O=C(NCCN1CCOCC1)[C@@H]1C[C@H](Oc2ccccc2)CN1C1CCOCC1. The van der Waals surface area contributed by atoms with Crippen LogP contribution in [0.4, 0.5) is 0 Å². The van der Waals surface area contributed by atoms with Gasteiger partial charge >= 0.3 is 0 Å². The molecule has 7 nitrogen and oxygen atoms in total. The van der Waals surface area contributed by atoms with Gasteiger partial charge in [-0.25, -0.2) is 0 Å². The van der Waals surface area contributed by atoms with Gasteiger partial charge in [-0.05, 0) is 25.0 Å². The Labute approximate surface area is 173 Å². The lowest BCUT2D eigenvalue weighted by molar-refractivity contribution is -0.127. The van der Waals surface area contributed by atoms with Crippen LogP contribution in [0.1, 0.15) is 19.3 Å². The first-order chi connectivity index (χ1) is 14.3. The molecule has 0 unspecified atom stereocenters. The van der Waals surface area contributed by atoms with Crippen molar-refractivity contribution in [1.29, 1.82) is 0 Å². The van der Waals surface area contributed by atoms with E-state index in [0.29, 0.717) is 12.6 Å². The number of ether oxygens (including phenoxy) is 3. The summed E-state index contributed by atoms with van der Waals surface area (Å²) >= 11 is 0. The standard InChI is InChI=1S/C22H33N3O4/c26-22(23-8-9-24-10-14-28-15-11-24)21-16-20(29-19-4-2-1-3-5-19)17-25(21)18-6-12-27-13-7-18/h1-5,18,20-21H,6-17H2,(H,23,26)/t20-,21-/m0/s1. The Balaban J connectivity index is 1.34. The van der Waals surface area contributed by atoms with E-state index in [0.717, 1.165) is 77.6 Å². The van der Waals surface area contributed by atoms with E-state index in [4.69, 9.17) is 14.2 Å². The zero-order valence-electron chi connectivity index (χ0n) is 17.1. The van der Waals surface area contributed by atoms with Crippen LogP contribution in [0.3, 0.4) is 0 Å². The van der Waals surface area contributed by atoms with E-state index in [1.807, 2.05) is 30.3 Å². The summed E-state index contributed by atoms with van der Waals surface area (Å²) in [7, 11) is 0. The number of para-hydroxylation sites is 1. The molecule has 3 saturated heterocycles. The topological polar surface area (TPSA) is 63.3 Å². The third kappa shape index (κ3) is 5.69. The fourth-order valence-corrected chi connectivity index (χ4v) is 4.56. The van der Waals surface area contributed by atoms with Crippen LogP contribution >= 0.6 is 0 Å². The third-order valence-corrected chi connectivity index (χ3v) is 6.14. The predicted molar refractivity (Wildman–Crippen MR) is 110 cm³/mol. The number of rotatable bonds is 7. The smallest absolute Gasteiger partial charge is 0.237 e. The van der Waals surface area contributed by atoms with E-state index in [1.54, 1.807) is 0 Å². The maximum absolute atomic E-state index is 13.1. The summed E-state index contributed by atoms with van der Waals surface area (Å²) in [5.74, 6) is 1.00. The monoisotopic (exact) mass is 403 g/mol. The van der Waals surface area contributed by atoms with E-state index in [2.05, 4.69) is 15.1 Å². The summed E-state index contributed by atoms with van der Waals surface area (Å²) in [6.07, 6.45) is 2.73. The lowest BCUT2D eigenvalue weighted by Crippen LogP contribution is -2.50. The zero-order valence-corrected chi connectivity index (χ0v) is 17.1. The van der Waals surface area contributed by atoms with Crippen molar-refractivity contribution in [3.63, 3.8) is 0 Å². The lowest BCUT2D eigenvalue weighted by Gasteiger charge is -2.34. The van der Waals surface area contributed by atoms with Gasteiger partial charge in [0.05, 0.1) is 19.3 Å². The van der Waals surface area contributed by atoms with Crippen molar-refractivity contribution in [2.75, 3.05) is 59.2 Å². The minimum absolute atomic E-state index is 0.0373. The van der Waals surface area contributed by atoms with Gasteiger partial charge in [-0.15, -0.1) is 0 Å². The first kappa shape index (κ1) is 20.6. The molecule has 2 atom stereocenters. The molecule has 1 amide bonds. The van der Waals surface area contributed by atoms with Gasteiger partial charge in [-0.3, -0.25) is 14.6 Å². The number of carbonyl (C=O) groups excluding carboxylic acids is 1. The largest absolute Gasteiger partial charge is 0.489 e. The average molecular weight is 404 g/mol. The quantitative estimate of drug-likeness (QED) is 0.737. The summed E-state index contributed by atoms with van der Waals surface area (Å²) in [5, 5.41) is 3.18. The summed E-state index contributed by atoms with van der Waals surface area (Å²) in [5.41, 5.74) is 0. The highest BCUT2D eigenvalue weighted by Crippen LogP contribution is 2.28. The molecule has 0 aromatic heterocycles. The molecule has 4 rings (SSSR count). The van der Waals surface area contributed by atoms with Crippen molar-refractivity contribution in [3.8, 4) is 5.75 Å². The minimum atomic E-state index is -0.128. The number of hydrogen-bond donors (Lipinski definition) is 1. The fourth-order valence-electron chi connectivity index (χ4n) is 4.56. The molecular formula is C22H33N3O4. The molecule has 3 aliphatic rings. The molecule has 3 aliphatic heterocycles. The van der Waals surface area contributed by atoms with Crippen LogP contribution in [0.5, 0.6) is 5.75 Å². The summed E-state index contributed by atoms with van der Waals surface area (Å²) < 4.78 is 17.1. The molecule has 0 aliphatic carbocycles. The van der Waals surface area contributed by atoms with Crippen molar-refractivity contribution in [3.05, 3.63) is 30.3 Å². The van der Waals surface area contributed by atoms with Gasteiger partial charge in [0.2, 0.25) is 5.91 Å². The molecule has 29 heavy (non-hydrogen) atoms. The number of benzene rings is 1. The molecule has 3 heterocycles. The third-order valence-electron chi connectivity index (χ3n) is 6.14. The zero-order chi connectivity index (χ0) is 19.9. The maximum atomic E-state index is 13.1. The van der Waals surface area contributed by atoms with Crippen LogP contribution in [-0.2, 0) is 14.3 Å². The van der Waals surface area contributed by atoms with Crippen molar-refractivity contribution < 1.29 is 19.0 Å². The number of amides is 1. The summed E-state index contributed by atoms with van der Waals surface area (Å²) in [4.78, 5) is 17.8. The van der Waals surface area contributed by atoms with Crippen molar-refractivity contribution >= 4 is 5.91 Å². The van der Waals surface area contributed by atoms with Gasteiger partial charge in [0.15, 0.2) is 0 Å². The van der Waals surface area contributed by atoms with Crippen LogP contribution in [0.25, 0.3) is 0 Å². The maximum Gasteiger partial charge on any atom is 0.237 e. The predicted octanol–water partition coefficient (Wildman–Crippen LogP) is 1.14. The molecule has 0 saturated carbocycles. The Kier molecular flexibility index (Phi) is 7.38. The van der Waals surface area contributed by atoms with Gasteiger partial charge in [-0.1, -0.05) is 18.2 Å². The molecule has 7 heteroatoms. The Morgan fingerprint density at radius 3 is 2.55 bits per heavy atom. The van der Waals surface area contributed by atoms with Gasteiger partial charge in [-0.2, -0.15) is 0 Å². The van der Waals surface area contributed by atoms with Crippen LogP contribution in [0, 0.1) is 0 Å². The van der Waals surface area contributed by atoms with Crippen molar-refractivity contribution in [2.24, 2.45) is 0 Å². The Hall–Kier alpha value is -1.67. The van der Waals surface area contributed by atoms with E-state index < -0.39 is 0 Å². The molecular weight excluding hydrogens is 370 g/mol. The van der Waals surface area contributed by atoms with Gasteiger partial charge in [0, 0.05) is 58.4 Å². The molecule has 160 valence electrons. The van der Waals surface area contributed by atoms with E-state index in [-0.39, 0.29) is 18.1 Å². The van der Waals surface area contributed by atoms with E-state index in [1.165, 1.54) is 0 Å². The van der Waals surface area contributed by atoms with E-state index in [9.17, 15) is 4.79 Å². The second-order valence-corrected chi connectivity index (χ2v) is 8.09. The van der Waals surface area contributed by atoms with Crippen molar-refractivity contribution in [2.45, 2.75) is 37.5 Å². The second-order valence-electron chi connectivity index (χ2n) is 8.09. The number of hydrogen-bond acceptors (Lipinski definition) is 6. The van der Waals surface area contributed by atoms with Crippen LogP contribution < -0.4 is 10.1 Å². The Morgan fingerprint density at radius 2 is 1.79 bits per heavy atom. The second kappa shape index (κ2) is 10.4. The molecule has 3 fully saturated rings. The number of morpholine rings is 1. The molecule has 1 aromatic rings. The van der Waals surface area contributed by atoms with Gasteiger partial charge in [0.1, 0.15) is 11.9 Å². The number of likely N-dealkylation sites (tertiary alicyclic amines) is 1. The number of nitrogens with one attached hydrogen (secondary N) is 1. The summed E-state index contributed by atoms with van der Waals surface area (Å²) in [6.45, 7) is 7.36. The van der Waals surface area contributed by atoms with Crippen LogP contribution in [-0.4, -0.2) is 93.0 Å². The van der Waals surface area contributed by atoms with Crippen LogP contribution in [0.15, 0.2) is 30.3 Å². The molecule has 0 spiro atoms. The molecule has 1 N–H and O–H groups in total. The van der Waals surface area contributed by atoms with Gasteiger partial charge in [0.25, 0.3) is 0 Å². The normalized spacial score (nSPS) is 27.0. The molecule has 0 radical (unpaired) electrons. The minimum Gasteiger partial charge on any atom is -0.489 e. The number of nitrogens with zero attached hydrogens (tertiary/aromatic N) is 2.